The number of benzene rings is 2. The van der Waals surface area contributed by atoms with E-state index in [2.05, 4.69) is 27.0 Å². The van der Waals surface area contributed by atoms with Gasteiger partial charge in [0.2, 0.25) is 17.8 Å². The van der Waals surface area contributed by atoms with Crippen LogP contribution < -0.4 is 16.0 Å². The van der Waals surface area contributed by atoms with E-state index in [-0.39, 0.29) is 24.3 Å². The lowest BCUT2D eigenvalue weighted by Crippen LogP contribution is -2.44. The predicted octanol–water partition coefficient (Wildman–Crippen LogP) is 3.89. The first-order valence-corrected chi connectivity index (χ1v) is 12.4. The van der Waals surface area contributed by atoms with Gasteiger partial charge in [-0.15, -0.1) is 0 Å². The lowest BCUT2D eigenvalue weighted by molar-refractivity contribution is -0.136. The molecule has 1 unspecified atom stereocenters. The standard InChI is InChI=1S/C28H32N6O3/c1-18-10-19(2)12-21(11-18)15-30-26(35)16-34-9-5-4-6-24(27(34)36)33-28(31-17-29)32-23-7-8-25-22(14-23)13-20(3)37-25/h7-8,10-14,24H,4-6,9,15-16H2,1-3H3,(H,30,35)(H2,31,32,33). The largest absolute Gasteiger partial charge is 0.461 e. The monoisotopic (exact) mass is 500 g/mol. The van der Waals surface area contributed by atoms with Crippen LogP contribution in [0.15, 0.2) is 51.9 Å². The van der Waals surface area contributed by atoms with Crippen LogP contribution >= 0.6 is 0 Å². The van der Waals surface area contributed by atoms with Crippen LogP contribution in [0.3, 0.4) is 0 Å². The van der Waals surface area contributed by atoms with Gasteiger partial charge >= 0.3 is 0 Å². The number of likely N-dealkylation sites (tertiary alicyclic amines) is 1. The summed E-state index contributed by atoms with van der Waals surface area (Å²) in [5, 5.41) is 18.7. The molecular weight excluding hydrogens is 468 g/mol. The van der Waals surface area contributed by atoms with Gasteiger partial charge in [0, 0.05) is 24.2 Å². The summed E-state index contributed by atoms with van der Waals surface area (Å²) in [5.74, 6) is 0.549. The molecule has 9 heteroatoms. The van der Waals surface area contributed by atoms with Gasteiger partial charge in [0.15, 0.2) is 6.19 Å². The van der Waals surface area contributed by atoms with E-state index in [1.807, 2.05) is 63.4 Å². The minimum atomic E-state index is -0.696. The van der Waals surface area contributed by atoms with Crippen molar-refractivity contribution < 1.29 is 14.0 Å². The Morgan fingerprint density at radius 3 is 2.68 bits per heavy atom. The molecule has 9 nitrogen and oxygen atoms in total. The quantitative estimate of drug-likeness (QED) is 0.204. The van der Waals surface area contributed by atoms with Crippen LogP contribution in [0.1, 0.15) is 41.7 Å². The van der Waals surface area contributed by atoms with Crippen molar-refractivity contribution in [1.82, 2.24) is 15.5 Å². The highest BCUT2D eigenvalue weighted by Gasteiger charge is 2.28. The van der Waals surface area contributed by atoms with Crippen molar-refractivity contribution in [2.75, 3.05) is 18.4 Å². The number of amides is 2. The van der Waals surface area contributed by atoms with Gasteiger partial charge in [-0.2, -0.15) is 5.26 Å². The van der Waals surface area contributed by atoms with Crippen molar-refractivity contribution in [2.24, 2.45) is 4.99 Å². The Morgan fingerprint density at radius 2 is 1.92 bits per heavy atom. The normalized spacial score (nSPS) is 16.3. The summed E-state index contributed by atoms with van der Waals surface area (Å²) >= 11 is 0. The van der Waals surface area contributed by atoms with E-state index in [4.69, 9.17) is 4.42 Å². The smallest absolute Gasteiger partial charge is 0.247 e. The number of rotatable bonds is 6. The number of furan rings is 1. The van der Waals surface area contributed by atoms with Crippen LogP contribution in [-0.4, -0.2) is 41.8 Å². The molecule has 1 aromatic heterocycles. The second-order valence-electron chi connectivity index (χ2n) is 9.49. The number of guanidine groups is 1. The van der Waals surface area contributed by atoms with E-state index < -0.39 is 6.04 Å². The van der Waals surface area contributed by atoms with Crippen LogP contribution in [0.4, 0.5) is 5.69 Å². The Kier molecular flexibility index (Phi) is 8.08. The van der Waals surface area contributed by atoms with Crippen molar-refractivity contribution in [3.8, 4) is 6.19 Å². The molecule has 0 radical (unpaired) electrons. The van der Waals surface area contributed by atoms with E-state index in [9.17, 15) is 14.9 Å². The maximum absolute atomic E-state index is 13.3. The molecule has 2 amide bonds. The maximum atomic E-state index is 13.3. The summed E-state index contributed by atoms with van der Waals surface area (Å²) in [5.41, 5.74) is 4.78. The summed E-state index contributed by atoms with van der Waals surface area (Å²) < 4.78 is 5.61. The first-order chi connectivity index (χ1) is 17.8. The summed E-state index contributed by atoms with van der Waals surface area (Å²) in [6.45, 7) is 6.80. The number of nitrogens with one attached hydrogen (secondary N) is 3. The summed E-state index contributed by atoms with van der Waals surface area (Å²) in [7, 11) is 0. The average Bonchev–Trinajstić information content (AvgIpc) is 3.13. The zero-order chi connectivity index (χ0) is 26.4. The minimum absolute atomic E-state index is 0.0272. The number of anilines is 1. The number of hydrogen-bond acceptors (Lipinski definition) is 5. The van der Waals surface area contributed by atoms with Crippen molar-refractivity contribution in [1.29, 1.82) is 5.26 Å². The molecule has 1 fully saturated rings. The third-order valence-corrected chi connectivity index (χ3v) is 6.22. The van der Waals surface area contributed by atoms with Crippen LogP contribution in [0.2, 0.25) is 0 Å². The lowest BCUT2D eigenvalue weighted by atomic mass is 10.1. The van der Waals surface area contributed by atoms with Gasteiger partial charge in [-0.1, -0.05) is 29.3 Å². The molecule has 0 saturated carbocycles. The predicted molar refractivity (Wildman–Crippen MR) is 143 cm³/mol. The molecule has 1 aliphatic rings. The van der Waals surface area contributed by atoms with E-state index in [1.54, 1.807) is 4.90 Å². The highest BCUT2D eigenvalue weighted by Crippen LogP contribution is 2.23. The fraction of sp³-hybridized carbons (Fsp3) is 0.357. The third kappa shape index (κ3) is 6.88. The zero-order valence-electron chi connectivity index (χ0n) is 21.4. The second kappa shape index (κ2) is 11.6. The molecule has 1 saturated heterocycles. The number of nitrogens with zero attached hydrogens (tertiary/aromatic N) is 3. The number of carbonyl (C=O) groups excluding carboxylic acids is 2. The Morgan fingerprint density at radius 1 is 1.14 bits per heavy atom. The number of hydrogen-bond donors (Lipinski definition) is 3. The van der Waals surface area contributed by atoms with Gasteiger partial charge in [0.1, 0.15) is 17.4 Å². The highest BCUT2D eigenvalue weighted by atomic mass is 16.3. The molecule has 1 aliphatic heterocycles. The van der Waals surface area contributed by atoms with E-state index >= 15 is 0 Å². The molecule has 2 aromatic carbocycles. The van der Waals surface area contributed by atoms with Crippen molar-refractivity contribution in [3.63, 3.8) is 0 Å². The van der Waals surface area contributed by atoms with Crippen molar-refractivity contribution in [3.05, 3.63) is 64.9 Å². The molecule has 0 spiro atoms. The van der Waals surface area contributed by atoms with Crippen LogP contribution in [-0.2, 0) is 16.1 Å². The van der Waals surface area contributed by atoms with Crippen molar-refractivity contribution >= 4 is 34.4 Å². The molecule has 2 heterocycles. The summed E-state index contributed by atoms with van der Waals surface area (Å²) in [4.78, 5) is 32.1. The topological polar surface area (TPSA) is 123 Å². The minimum Gasteiger partial charge on any atom is -0.461 e. The molecular formula is C28H32N6O3. The lowest BCUT2D eigenvalue weighted by Gasteiger charge is -2.22. The maximum Gasteiger partial charge on any atom is 0.247 e. The first-order valence-electron chi connectivity index (χ1n) is 12.4. The van der Waals surface area contributed by atoms with Gasteiger partial charge in [-0.3, -0.25) is 14.9 Å². The Labute approximate surface area is 216 Å². The fourth-order valence-electron chi connectivity index (χ4n) is 4.66. The van der Waals surface area contributed by atoms with E-state index in [0.29, 0.717) is 25.2 Å². The van der Waals surface area contributed by atoms with Crippen molar-refractivity contribution in [2.45, 2.75) is 52.6 Å². The molecule has 1 atom stereocenters. The second-order valence-corrected chi connectivity index (χ2v) is 9.49. The number of aliphatic imine (C=N–C) groups is 1. The fourth-order valence-corrected chi connectivity index (χ4v) is 4.66. The third-order valence-electron chi connectivity index (χ3n) is 6.22. The van der Waals surface area contributed by atoms with E-state index in [0.717, 1.165) is 46.3 Å². The van der Waals surface area contributed by atoms with Gasteiger partial charge in [0.25, 0.3) is 0 Å². The molecule has 0 aliphatic carbocycles. The number of nitriles is 1. The van der Waals surface area contributed by atoms with Crippen LogP contribution in [0, 0.1) is 32.2 Å². The Balaban J connectivity index is 1.42. The van der Waals surface area contributed by atoms with Gasteiger partial charge in [-0.25, -0.2) is 4.99 Å². The van der Waals surface area contributed by atoms with E-state index in [1.165, 1.54) is 0 Å². The highest BCUT2D eigenvalue weighted by molar-refractivity contribution is 5.98. The molecule has 0 bridgehead atoms. The summed E-state index contributed by atoms with van der Waals surface area (Å²) in [6.07, 6.45) is 4.00. The summed E-state index contributed by atoms with van der Waals surface area (Å²) in [6, 6.07) is 12.9. The van der Waals surface area contributed by atoms with Gasteiger partial charge in [0.05, 0.1) is 6.54 Å². The number of fused-ring (bicyclic) bond motifs is 1. The Bertz CT molecular complexity index is 1350. The zero-order valence-corrected chi connectivity index (χ0v) is 21.4. The van der Waals surface area contributed by atoms with Crippen LogP contribution in [0.25, 0.3) is 11.0 Å². The molecule has 37 heavy (non-hydrogen) atoms. The SMILES string of the molecule is Cc1cc(C)cc(CNC(=O)CN2CCCCC(N=C(NC#N)Nc3ccc4oc(C)cc4c3)C2=O)c1. The molecule has 4 rings (SSSR count). The Hall–Kier alpha value is -4.32. The number of carbonyl (C=O) groups is 2. The van der Waals surface area contributed by atoms with Gasteiger partial charge < -0.3 is 20.0 Å². The molecule has 3 N–H and O–H groups in total. The molecule has 3 aromatic rings. The average molecular weight is 501 g/mol. The van der Waals surface area contributed by atoms with Gasteiger partial charge in [-0.05, 0) is 69.9 Å². The first kappa shape index (κ1) is 25.8. The van der Waals surface area contributed by atoms with Crippen LogP contribution in [0.5, 0.6) is 0 Å². The molecule has 192 valence electrons. The number of aryl methyl sites for hydroxylation is 3.